The first-order chi connectivity index (χ1) is 14.6. The summed E-state index contributed by atoms with van der Waals surface area (Å²) in [5, 5.41) is 0. The van der Waals surface area contributed by atoms with E-state index in [2.05, 4.69) is 8.80 Å². The van der Waals surface area contributed by atoms with E-state index in [0.29, 0.717) is 0 Å². The number of hydrogen-bond acceptors (Lipinski definition) is 4. The minimum absolute atomic E-state index is 0.839. The summed E-state index contributed by atoms with van der Waals surface area (Å²) < 4.78 is 9.10. The molecule has 30 heavy (non-hydrogen) atoms. The molecule has 0 spiro atoms. The molecule has 6 heteroatoms. The lowest BCUT2D eigenvalue weighted by Crippen LogP contribution is -2.42. The van der Waals surface area contributed by atoms with E-state index in [9.17, 15) is 0 Å². The van der Waals surface area contributed by atoms with Crippen molar-refractivity contribution in [3.05, 3.63) is 109 Å². The summed E-state index contributed by atoms with van der Waals surface area (Å²) in [5.41, 5.74) is 1.68. The monoisotopic (exact) mass is 468 g/mol. The molecule has 0 atom stereocenters. The predicted molar refractivity (Wildman–Crippen MR) is 133 cm³/mol. The van der Waals surface area contributed by atoms with E-state index in [1.165, 1.54) is 23.9 Å². The van der Waals surface area contributed by atoms with Crippen LogP contribution in [-0.4, -0.2) is 21.2 Å². The first kappa shape index (κ1) is 21.3. The van der Waals surface area contributed by atoms with Gasteiger partial charge in [-0.05, 0) is 48.6 Å². The molecule has 0 N–H and O–H groups in total. The fourth-order valence-electron chi connectivity index (χ4n) is 2.85. The SMILES string of the molecule is ClC1(C2(Cl)C=CC(=NSc3ccccc3)C=C2)C=CC(=NSc2ccccc2)C=C1. The van der Waals surface area contributed by atoms with Crippen molar-refractivity contribution in [1.29, 1.82) is 0 Å². The standard InChI is InChI=1S/C24H18Cl2N2S2/c25-23(15-11-19(12-16-23)27-29-21-7-3-1-4-8-21)24(26)17-13-20(14-18-24)28-30-22-9-5-2-6-10-22/h1-18H. The van der Waals surface area contributed by atoms with Crippen LogP contribution < -0.4 is 0 Å². The van der Waals surface area contributed by atoms with Gasteiger partial charge in [0.05, 0.1) is 11.4 Å². The number of hydrogen-bond donors (Lipinski definition) is 0. The van der Waals surface area contributed by atoms with Crippen molar-refractivity contribution < 1.29 is 0 Å². The van der Waals surface area contributed by atoms with Crippen LogP contribution in [0.25, 0.3) is 0 Å². The maximum atomic E-state index is 6.88. The Morgan fingerprint density at radius 2 is 0.867 bits per heavy atom. The molecule has 0 heterocycles. The minimum Gasteiger partial charge on any atom is -0.212 e. The molecule has 2 aliphatic carbocycles. The smallest absolute Gasteiger partial charge is 0.108 e. The van der Waals surface area contributed by atoms with E-state index in [0.717, 1.165) is 21.2 Å². The summed E-state index contributed by atoms with van der Waals surface area (Å²) in [6.07, 6.45) is 15.2. The fourth-order valence-corrected chi connectivity index (χ4v) is 4.58. The molecule has 0 aromatic heterocycles. The zero-order valence-electron chi connectivity index (χ0n) is 15.9. The zero-order chi connectivity index (χ0) is 20.9. The van der Waals surface area contributed by atoms with Crippen molar-refractivity contribution in [3.63, 3.8) is 0 Å². The molecule has 0 saturated carbocycles. The number of rotatable bonds is 5. The van der Waals surface area contributed by atoms with Crippen molar-refractivity contribution in [2.75, 3.05) is 0 Å². The van der Waals surface area contributed by atoms with Crippen molar-refractivity contribution in [2.45, 2.75) is 19.5 Å². The second-order valence-corrected chi connectivity index (χ2v) is 9.63. The van der Waals surface area contributed by atoms with Crippen molar-refractivity contribution >= 4 is 58.5 Å². The maximum Gasteiger partial charge on any atom is 0.108 e. The first-order valence-corrected chi connectivity index (χ1v) is 11.6. The topological polar surface area (TPSA) is 24.7 Å². The van der Waals surface area contributed by atoms with Gasteiger partial charge in [0.15, 0.2) is 0 Å². The summed E-state index contributed by atoms with van der Waals surface area (Å²) in [6.45, 7) is 0. The van der Waals surface area contributed by atoms with E-state index >= 15 is 0 Å². The van der Waals surface area contributed by atoms with Crippen molar-refractivity contribution in [2.24, 2.45) is 8.80 Å². The number of allylic oxidation sites excluding steroid dienone is 8. The van der Waals surface area contributed by atoms with Crippen molar-refractivity contribution in [1.82, 2.24) is 0 Å². The van der Waals surface area contributed by atoms with E-state index < -0.39 is 9.75 Å². The summed E-state index contributed by atoms with van der Waals surface area (Å²) in [5.74, 6) is 0. The highest BCUT2D eigenvalue weighted by Crippen LogP contribution is 2.43. The van der Waals surface area contributed by atoms with E-state index in [4.69, 9.17) is 23.2 Å². The molecule has 0 unspecified atom stereocenters. The Hall–Kier alpha value is -1.98. The minimum atomic E-state index is -0.879. The number of nitrogens with zero attached hydrogens (tertiary/aromatic N) is 2. The molecule has 2 aliphatic rings. The molecular formula is C24H18Cl2N2S2. The highest BCUT2D eigenvalue weighted by molar-refractivity contribution is 7.98. The Balaban J connectivity index is 1.43. The second kappa shape index (κ2) is 9.44. The van der Waals surface area contributed by atoms with Gasteiger partial charge in [0, 0.05) is 33.7 Å². The number of benzene rings is 2. The van der Waals surface area contributed by atoms with Crippen molar-refractivity contribution in [3.8, 4) is 0 Å². The molecule has 150 valence electrons. The molecule has 2 aromatic rings. The summed E-state index contributed by atoms with van der Waals surface area (Å²) >= 11 is 16.6. The molecule has 2 nitrogen and oxygen atoms in total. The average Bonchev–Trinajstić information content (AvgIpc) is 2.80. The van der Waals surface area contributed by atoms with Crippen LogP contribution in [0, 0.1) is 0 Å². The molecule has 0 radical (unpaired) electrons. The Morgan fingerprint density at radius 3 is 1.20 bits per heavy atom. The van der Waals surface area contributed by atoms with Crippen LogP contribution in [0.4, 0.5) is 0 Å². The van der Waals surface area contributed by atoms with E-state index in [1.54, 1.807) is 0 Å². The second-order valence-electron chi connectivity index (χ2n) is 6.71. The molecule has 0 bridgehead atoms. The summed E-state index contributed by atoms with van der Waals surface area (Å²) in [7, 11) is 0. The average molecular weight is 469 g/mol. The van der Waals surface area contributed by atoms with Crippen LogP contribution >= 0.6 is 47.1 Å². The van der Waals surface area contributed by atoms with Crippen LogP contribution in [0.3, 0.4) is 0 Å². The lowest BCUT2D eigenvalue weighted by atomic mass is 9.84. The summed E-state index contributed by atoms with van der Waals surface area (Å²) in [6, 6.07) is 20.1. The quantitative estimate of drug-likeness (QED) is 0.335. The van der Waals surface area contributed by atoms with Crippen LogP contribution in [-0.2, 0) is 0 Å². The van der Waals surface area contributed by atoms with Gasteiger partial charge in [-0.25, -0.2) is 8.80 Å². The largest absolute Gasteiger partial charge is 0.212 e. The third-order valence-corrected chi connectivity index (χ3v) is 7.37. The molecule has 2 aromatic carbocycles. The normalized spacial score (nSPS) is 24.9. The molecule has 0 aliphatic heterocycles. The molecule has 0 amide bonds. The molecule has 4 rings (SSSR count). The first-order valence-electron chi connectivity index (χ1n) is 9.31. The Morgan fingerprint density at radius 1 is 0.533 bits per heavy atom. The Kier molecular flexibility index (Phi) is 6.69. The van der Waals surface area contributed by atoms with E-state index in [-0.39, 0.29) is 0 Å². The predicted octanol–water partition coefficient (Wildman–Crippen LogP) is 7.49. The van der Waals surface area contributed by atoms with Gasteiger partial charge in [-0.2, -0.15) is 0 Å². The van der Waals surface area contributed by atoms with Gasteiger partial charge in [-0.1, -0.05) is 60.7 Å². The van der Waals surface area contributed by atoms with Gasteiger partial charge in [0.2, 0.25) is 0 Å². The van der Waals surface area contributed by atoms with Gasteiger partial charge >= 0.3 is 0 Å². The lowest BCUT2D eigenvalue weighted by Gasteiger charge is -2.36. The Bertz CT molecular complexity index is 951. The van der Waals surface area contributed by atoms with Crippen LogP contribution in [0.1, 0.15) is 0 Å². The molecule has 0 fully saturated rings. The van der Waals surface area contributed by atoms with Gasteiger partial charge in [0.25, 0.3) is 0 Å². The Labute approximate surface area is 195 Å². The van der Waals surface area contributed by atoms with Crippen LogP contribution in [0.15, 0.2) is 128 Å². The van der Waals surface area contributed by atoms with Gasteiger partial charge in [-0.3, -0.25) is 0 Å². The lowest BCUT2D eigenvalue weighted by molar-refractivity contribution is 0.750. The third kappa shape index (κ3) is 5.01. The van der Waals surface area contributed by atoms with Gasteiger partial charge in [-0.15, -0.1) is 23.2 Å². The van der Waals surface area contributed by atoms with Gasteiger partial charge in [0.1, 0.15) is 9.75 Å². The van der Waals surface area contributed by atoms with E-state index in [1.807, 2.05) is 109 Å². The molecular weight excluding hydrogens is 451 g/mol. The third-order valence-electron chi connectivity index (χ3n) is 4.57. The summed E-state index contributed by atoms with van der Waals surface area (Å²) in [4.78, 5) is 0.412. The number of halogens is 2. The zero-order valence-corrected chi connectivity index (χ0v) is 19.0. The van der Waals surface area contributed by atoms with Crippen LogP contribution in [0.2, 0.25) is 0 Å². The molecule has 0 saturated heterocycles. The highest BCUT2D eigenvalue weighted by Gasteiger charge is 2.44. The van der Waals surface area contributed by atoms with Crippen LogP contribution in [0.5, 0.6) is 0 Å². The number of alkyl halides is 2. The highest BCUT2D eigenvalue weighted by atomic mass is 35.5. The maximum absolute atomic E-state index is 6.88. The van der Waals surface area contributed by atoms with Gasteiger partial charge < -0.3 is 0 Å². The fraction of sp³-hybridized carbons (Fsp3) is 0.0833.